The molecule has 0 fully saturated rings. The van der Waals surface area contributed by atoms with E-state index in [0.717, 1.165) is 16.5 Å². The molecule has 1 rings (SSSR count). The molecule has 0 radical (unpaired) electrons. The Morgan fingerprint density at radius 3 is 2.53 bits per heavy atom. The predicted octanol–water partition coefficient (Wildman–Crippen LogP) is 2.66. The Morgan fingerprint density at radius 2 is 1.94 bits per heavy atom. The van der Waals surface area contributed by atoms with Crippen LogP contribution in [-0.2, 0) is 21.9 Å². The molecule has 0 spiro atoms. The van der Waals surface area contributed by atoms with E-state index in [1.54, 1.807) is 0 Å². The van der Waals surface area contributed by atoms with E-state index in [-0.39, 0.29) is 11.7 Å². The molecule has 0 saturated heterocycles. The quantitative estimate of drug-likeness (QED) is 0.819. The van der Waals surface area contributed by atoms with Gasteiger partial charge in [-0.1, -0.05) is 54.0 Å². The Morgan fingerprint density at radius 1 is 1.29 bits per heavy atom. The average Bonchev–Trinajstić information content (AvgIpc) is 2.25. The van der Waals surface area contributed by atoms with E-state index in [0.29, 0.717) is 6.54 Å². The van der Waals surface area contributed by atoms with E-state index in [2.05, 4.69) is 20.7 Å². The number of hydrogen-bond acceptors (Lipinski definition) is 2. The zero-order valence-electron chi connectivity index (χ0n) is 10.1. The fourth-order valence-electron chi connectivity index (χ4n) is 1.51. The number of benzene rings is 1. The van der Waals surface area contributed by atoms with Crippen molar-refractivity contribution in [3.05, 3.63) is 35.4 Å². The van der Waals surface area contributed by atoms with Gasteiger partial charge >= 0.3 is 0 Å². The predicted molar refractivity (Wildman–Crippen MR) is 74.5 cm³/mol. The summed E-state index contributed by atoms with van der Waals surface area (Å²) in [7, 11) is -3.16. The normalized spacial score (nSPS) is 12.0. The molecule has 0 bridgehead atoms. The highest BCUT2D eigenvalue weighted by molar-refractivity contribution is 9.08. The van der Waals surface area contributed by atoms with Crippen LogP contribution in [0.4, 0.5) is 0 Å². The summed E-state index contributed by atoms with van der Waals surface area (Å²) in [6.07, 6.45) is 0. The zero-order valence-corrected chi connectivity index (χ0v) is 12.5. The molecular formula is C12H18BrNO2S. The van der Waals surface area contributed by atoms with Crippen molar-refractivity contribution in [2.45, 2.75) is 25.7 Å². The van der Waals surface area contributed by atoms with Gasteiger partial charge in [0.15, 0.2) is 0 Å². The van der Waals surface area contributed by atoms with Gasteiger partial charge in [-0.15, -0.1) is 0 Å². The average molecular weight is 320 g/mol. The Hall–Kier alpha value is -0.390. The molecule has 0 aromatic heterocycles. The first-order valence-electron chi connectivity index (χ1n) is 5.54. The highest BCUT2D eigenvalue weighted by atomic mass is 79.9. The van der Waals surface area contributed by atoms with Crippen LogP contribution in [0.15, 0.2) is 24.3 Å². The minimum atomic E-state index is -3.16. The SMILES string of the molecule is CC(C)CS(=O)(=O)NCc1cccc(CBr)c1. The van der Waals surface area contributed by atoms with Gasteiger partial charge in [0.25, 0.3) is 0 Å². The summed E-state index contributed by atoms with van der Waals surface area (Å²) in [6.45, 7) is 4.14. The van der Waals surface area contributed by atoms with Crippen molar-refractivity contribution in [3.63, 3.8) is 0 Å². The molecule has 96 valence electrons. The molecule has 1 aromatic rings. The second-order valence-electron chi connectivity index (χ2n) is 4.45. The summed E-state index contributed by atoms with van der Waals surface area (Å²) in [5, 5.41) is 0.777. The van der Waals surface area contributed by atoms with Crippen molar-refractivity contribution < 1.29 is 8.42 Å². The van der Waals surface area contributed by atoms with Crippen LogP contribution >= 0.6 is 15.9 Å². The van der Waals surface area contributed by atoms with Gasteiger partial charge in [0.05, 0.1) is 5.75 Å². The van der Waals surface area contributed by atoms with Crippen LogP contribution in [0, 0.1) is 5.92 Å². The molecule has 1 N–H and O–H groups in total. The molecule has 0 amide bonds. The van der Waals surface area contributed by atoms with E-state index in [1.165, 1.54) is 0 Å². The Labute approximate surface area is 112 Å². The van der Waals surface area contributed by atoms with Gasteiger partial charge in [-0.05, 0) is 17.0 Å². The molecule has 0 aliphatic carbocycles. The maximum Gasteiger partial charge on any atom is 0.212 e. The van der Waals surface area contributed by atoms with Gasteiger partial charge < -0.3 is 0 Å². The number of hydrogen-bond donors (Lipinski definition) is 1. The van der Waals surface area contributed by atoms with Crippen molar-refractivity contribution in [2.75, 3.05) is 5.75 Å². The van der Waals surface area contributed by atoms with E-state index < -0.39 is 10.0 Å². The Bertz CT molecular complexity index is 457. The van der Waals surface area contributed by atoms with Crippen molar-refractivity contribution in [3.8, 4) is 0 Å². The van der Waals surface area contributed by atoms with Crippen molar-refractivity contribution in [2.24, 2.45) is 5.92 Å². The smallest absolute Gasteiger partial charge is 0.212 e. The first-order chi connectivity index (χ1) is 7.93. The van der Waals surface area contributed by atoms with Crippen LogP contribution in [0.1, 0.15) is 25.0 Å². The van der Waals surface area contributed by atoms with Crippen LogP contribution in [0.3, 0.4) is 0 Å². The third-order valence-electron chi connectivity index (χ3n) is 2.19. The molecule has 1 aromatic carbocycles. The molecule has 3 nitrogen and oxygen atoms in total. The molecule has 17 heavy (non-hydrogen) atoms. The fraction of sp³-hybridized carbons (Fsp3) is 0.500. The second-order valence-corrected chi connectivity index (χ2v) is 6.86. The van der Waals surface area contributed by atoms with Gasteiger partial charge in [-0.2, -0.15) is 0 Å². The largest absolute Gasteiger partial charge is 0.212 e. The first kappa shape index (κ1) is 14.7. The molecule has 0 unspecified atom stereocenters. The topological polar surface area (TPSA) is 46.2 Å². The van der Waals surface area contributed by atoms with Crippen LogP contribution in [0.5, 0.6) is 0 Å². The Kier molecular flexibility index (Phi) is 5.62. The van der Waals surface area contributed by atoms with Gasteiger partial charge in [-0.3, -0.25) is 0 Å². The van der Waals surface area contributed by atoms with E-state index >= 15 is 0 Å². The van der Waals surface area contributed by atoms with Gasteiger partial charge in [-0.25, -0.2) is 13.1 Å². The van der Waals surface area contributed by atoms with Crippen LogP contribution < -0.4 is 4.72 Å². The van der Waals surface area contributed by atoms with E-state index in [1.807, 2.05) is 38.1 Å². The zero-order chi connectivity index (χ0) is 12.9. The summed E-state index contributed by atoms with van der Waals surface area (Å²) >= 11 is 3.38. The molecule has 5 heteroatoms. The standard InChI is InChI=1S/C12H18BrNO2S/c1-10(2)9-17(15,16)14-8-12-5-3-4-11(6-12)7-13/h3-6,10,14H,7-9H2,1-2H3. The van der Waals surface area contributed by atoms with E-state index in [9.17, 15) is 8.42 Å². The second kappa shape index (κ2) is 6.52. The molecule has 0 aliphatic rings. The highest BCUT2D eigenvalue weighted by Crippen LogP contribution is 2.09. The molecular weight excluding hydrogens is 302 g/mol. The van der Waals surface area contributed by atoms with Crippen LogP contribution in [-0.4, -0.2) is 14.2 Å². The lowest BCUT2D eigenvalue weighted by Gasteiger charge is -2.09. The molecule has 0 aliphatic heterocycles. The number of sulfonamides is 1. The van der Waals surface area contributed by atoms with Gasteiger partial charge in [0.2, 0.25) is 10.0 Å². The third kappa shape index (κ3) is 5.66. The summed E-state index contributed by atoms with van der Waals surface area (Å²) in [6, 6.07) is 7.85. The number of alkyl halides is 1. The van der Waals surface area contributed by atoms with Crippen molar-refractivity contribution >= 4 is 26.0 Å². The number of rotatable bonds is 6. The maximum absolute atomic E-state index is 11.6. The highest BCUT2D eigenvalue weighted by Gasteiger charge is 2.12. The number of halogens is 1. The minimum Gasteiger partial charge on any atom is -0.212 e. The Balaban J connectivity index is 2.61. The van der Waals surface area contributed by atoms with Crippen molar-refractivity contribution in [1.82, 2.24) is 4.72 Å². The summed E-state index contributed by atoms with van der Waals surface area (Å²) in [5.41, 5.74) is 2.12. The lowest BCUT2D eigenvalue weighted by Crippen LogP contribution is -2.28. The van der Waals surface area contributed by atoms with Crippen LogP contribution in [0.2, 0.25) is 0 Å². The molecule has 0 saturated carbocycles. The molecule has 0 heterocycles. The van der Waals surface area contributed by atoms with E-state index in [4.69, 9.17) is 0 Å². The number of nitrogens with one attached hydrogen (secondary N) is 1. The minimum absolute atomic E-state index is 0.140. The lowest BCUT2D eigenvalue weighted by atomic mass is 10.1. The summed E-state index contributed by atoms with van der Waals surface area (Å²) in [4.78, 5) is 0. The van der Waals surface area contributed by atoms with Gasteiger partial charge in [0, 0.05) is 11.9 Å². The first-order valence-corrected chi connectivity index (χ1v) is 8.31. The molecule has 0 atom stereocenters. The van der Waals surface area contributed by atoms with Gasteiger partial charge in [0.1, 0.15) is 0 Å². The summed E-state index contributed by atoms with van der Waals surface area (Å²) in [5.74, 6) is 0.312. The maximum atomic E-state index is 11.6. The van der Waals surface area contributed by atoms with Crippen molar-refractivity contribution in [1.29, 1.82) is 0 Å². The lowest BCUT2D eigenvalue weighted by molar-refractivity contribution is 0.568. The fourth-order valence-corrected chi connectivity index (χ4v) is 3.24. The third-order valence-corrected chi connectivity index (χ3v) is 4.53. The monoisotopic (exact) mass is 319 g/mol. The summed E-state index contributed by atoms with van der Waals surface area (Å²) < 4.78 is 25.9. The van der Waals surface area contributed by atoms with Crippen LogP contribution in [0.25, 0.3) is 0 Å².